The lowest BCUT2D eigenvalue weighted by Crippen LogP contribution is -2.25. The van der Waals surface area contributed by atoms with Crippen LogP contribution in [0.1, 0.15) is 26.7 Å². The zero-order chi connectivity index (χ0) is 10.1. The number of hydrazone groups is 1. The number of nitrogens with zero attached hydrogens (tertiary/aromatic N) is 2. The first-order chi connectivity index (χ1) is 6.66. The van der Waals surface area contributed by atoms with Crippen molar-refractivity contribution >= 4 is 5.71 Å². The van der Waals surface area contributed by atoms with Crippen molar-refractivity contribution < 1.29 is 5.11 Å². The molecule has 76 valence electrons. The number of aliphatic hydroxyl groups excluding tert-OH is 1. The van der Waals surface area contributed by atoms with Crippen LogP contribution in [0.5, 0.6) is 0 Å². The van der Waals surface area contributed by atoms with Crippen molar-refractivity contribution in [1.82, 2.24) is 5.01 Å². The lowest BCUT2D eigenvalue weighted by Gasteiger charge is -2.22. The Balaban J connectivity index is 2.13. The molecule has 0 bridgehead atoms. The molecule has 0 spiro atoms. The summed E-state index contributed by atoms with van der Waals surface area (Å²) in [6.07, 6.45) is 7.55. The summed E-state index contributed by atoms with van der Waals surface area (Å²) >= 11 is 0. The Labute approximate surface area is 84.4 Å². The zero-order valence-corrected chi connectivity index (χ0v) is 8.64. The third-order valence-corrected chi connectivity index (χ3v) is 2.60. The largest absolute Gasteiger partial charge is 0.371 e. The van der Waals surface area contributed by atoms with E-state index in [0.717, 1.165) is 17.8 Å². The second kappa shape index (κ2) is 3.58. The van der Waals surface area contributed by atoms with E-state index in [9.17, 15) is 5.11 Å². The molecular formula is C11H16N2O. The molecule has 0 aromatic heterocycles. The maximum absolute atomic E-state index is 9.71. The Morgan fingerprint density at radius 2 is 2.36 bits per heavy atom. The third kappa shape index (κ3) is 1.73. The van der Waals surface area contributed by atoms with Gasteiger partial charge in [-0.15, -0.1) is 0 Å². The lowest BCUT2D eigenvalue weighted by molar-refractivity contribution is 0.0532. The van der Waals surface area contributed by atoms with Crippen molar-refractivity contribution in [3.05, 3.63) is 23.9 Å². The highest BCUT2D eigenvalue weighted by Gasteiger charge is 2.24. The first kappa shape index (κ1) is 9.46. The van der Waals surface area contributed by atoms with Gasteiger partial charge < -0.3 is 5.11 Å². The van der Waals surface area contributed by atoms with E-state index in [1.165, 1.54) is 0 Å². The molecule has 3 heteroatoms. The molecule has 1 heterocycles. The van der Waals surface area contributed by atoms with Crippen LogP contribution < -0.4 is 0 Å². The number of allylic oxidation sites excluding steroid dienone is 3. The van der Waals surface area contributed by atoms with Crippen LogP contribution in [0, 0.1) is 5.92 Å². The van der Waals surface area contributed by atoms with Gasteiger partial charge in [0.1, 0.15) is 0 Å². The van der Waals surface area contributed by atoms with Crippen LogP contribution in [-0.4, -0.2) is 22.1 Å². The number of hydrogen-bond donors (Lipinski definition) is 1. The summed E-state index contributed by atoms with van der Waals surface area (Å²) in [7, 11) is 0. The maximum Gasteiger partial charge on any atom is 0.152 e. The smallest absolute Gasteiger partial charge is 0.152 e. The fourth-order valence-electron chi connectivity index (χ4n) is 1.76. The van der Waals surface area contributed by atoms with Crippen LogP contribution in [0.4, 0.5) is 0 Å². The highest BCUT2D eigenvalue weighted by Crippen LogP contribution is 2.24. The van der Waals surface area contributed by atoms with Gasteiger partial charge in [-0.25, -0.2) is 5.01 Å². The van der Waals surface area contributed by atoms with Crippen molar-refractivity contribution in [3.63, 3.8) is 0 Å². The first-order valence-corrected chi connectivity index (χ1v) is 5.06. The van der Waals surface area contributed by atoms with Crippen LogP contribution in [-0.2, 0) is 0 Å². The lowest BCUT2D eigenvalue weighted by atomic mass is 10.0. The molecule has 2 unspecified atom stereocenters. The van der Waals surface area contributed by atoms with Gasteiger partial charge in [-0.05, 0) is 25.3 Å². The molecule has 0 aromatic carbocycles. The summed E-state index contributed by atoms with van der Waals surface area (Å²) in [6.45, 7) is 4.12. The van der Waals surface area contributed by atoms with E-state index >= 15 is 0 Å². The molecule has 2 rings (SSSR count). The van der Waals surface area contributed by atoms with Gasteiger partial charge in [0.15, 0.2) is 6.23 Å². The van der Waals surface area contributed by atoms with Crippen molar-refractivity contribution in [2.75, 3.05) is 0 Å². The standard InChI is InChI=1S/C11H16N2O/c1-8-3-5-10(6-4-8)13-11(14)7-9(2)12-13/h3,5-6,8,11,14H,4,7H2,1-2H3. The molecule has 0 fully saturated rings. The summed E-state index contributed by atoms with van der Waals surface area (Å²) < 4.78 is 0. The summed E-state index contributed by atoms with van der Waals surface area (Å²) in [6, 6.07) is 0. The minimum absolute atomic E-state index is 0.473. The minimum atomic E-state index is -0.473. The minimum Gasteiger partial charge on any atom is -0.371 e. The Bertz CT molecular complexity index is 317. The van der Waals surface area contributed by atoms with Crippen LogP contribution in [0.3, 0.4) is 0 Å². The van der Waals surface area contributed by atoms with Crippen LogP contribution in [0.15, 0.2) is 29.0 Å². The van der Waals surface area contributed by atoms with E-state index in [1.54, 1.807) is 5.01 Å². The fraction of sp³-hybridized carbons (Fsp3) is 0.545. The number of aliphatic hydroxyl groups is 1. The second-order valence-electron chi connectivity index (χ2n) is 4.07. The van der Waals surface area contributed by atoms with Crippen LogP contribution >= 0.6 is 0 Å². The van der Waals surface area contributed by atoms with Crippen LogP contribution in [0.25, 0.3) is 0 Å². The Kier molecular flexibility index (Phi) is 2.42. The van der Waals surface area contributed by atoms with Crippen molar-refractivity contribution in [2.45, 2.75) is 32.9 Å². The van der Waals surface area contributed by atoms with Gasteiger partial charge >= 0.3 is 0 Å². The summed E-state index contributed by atoms with van der Waals surface area (Å²) in [4.78, 5) is 0. The molecule has 2 atom stereocenters. The summed E-state index contributed by atoms with van der Waals surface area (Å²) in [5.41, 5.74) is 2.01. The number of rotatable bonds is 1. The van der Waals surface area contributed by atoms with Gasteiger partial charge in [0.25, 0.3) is 0 Å². The summed E-state index contributed by atoms with van der Waals surface area (Å²) in [5.74, 6) is 0.601. The predicted molar refractivity (Wildman–Crippen MR) is 56.6 cm³/mol. The summed E-state index contributed by atoms with van der Waals surface area (Å²) in [5, 5.41) is 15.7. The molecule has 14 heavy (non-hydrogen) atoms. The van der Waals surface area contributed by atoms with E-state index in [1.807, 2.05) is 13.0 Å². The molecule has 0 saturated carbocycles. The average molecular weight is 192 g/mol. The van der Waals surface area contributed by atoms with Crippen molar-refractivity contribution in [3.8, 4) is 0 Å². The SMILES string of the molecule is CC1=NN(C2=CCC(C)C=C2)C(O)C1. The highest BCUT2D eigenvalue weighted by molar-refractivity contribution is 5.83. The molecule has 0 saturated heterocycles. The normalized spacial score (nSPS) is 31.8. The van der Waals surface area contributed by atoms with E-state index in [2.05, 4.69) is 24.2 Å². The molecule has 0 amide bonds. The van der Waals surface area contributed by atoms with Gasteiger partial charge in [-0.3, -0.25) is 0 Å². The van der Waals surface area contributed by atoms with Gasteiger partial charge in [0.05, 0.1) is 5.70 Å². The molecule has 1 aliphatic carbocycles. The number of hydrogen-bond acceptors (Lipinski definition) is 3. The molecule has 1 aliphatic heterocycles. The topological polar surface area (TPSA) is 35.8 Å². The fourth-order valence-corrected chi connectivity index (χ4v) is 1.76. The van der Waals surface area contributed by atoms with Crippen LogP contribution in [0.2, 0.25) is 0 Å². The second-order valence-corrected chi connectivity index (χ2v) is 4.07. The molecule has 1 N–H and O–H groups in total. The quantitative estimate of drug-likeness (QED) is 0.688. The Morgan fingerprint density at radius 1 is 1.57 bits per heavy atom. The molecule has 0 aromatic rings. The molecule has 2 aliphatic rings. The zero-order valence-electron chi connectivity index (χ0n) is 8.64. The first-order valence-electron chi connectivity index (χ1n) is 5.06. The van der Waals surface area contributed by atoms with Crippen molar-refractivity contribution in [1.29, 1.82) is 0 Å². The Morgan fingerprint density at radius 3 is 2.86 bits per heavy atom. The van der Waals surface area contributed by atoms with E-state index in [0.29, 0.717) is 12.3 Å². The maximum atomic E-state index is 9.71. The molecule has 3 nitrogen and oxygen atoms in total. The van der Waals surface area contributed by atoms with Gasteiger partial charge in [0, 0.05) is 12.1 Å². The average Bonchev–Trinajstić information content (AvgIpc) is 2.47. The van der Waals surface area contributed by atoms with Gasteiger partial charge in [-0.2, -0.15) is 5.10 Å². The Hall–Kier alpha value is -1.09. The van der Waals surface area contributed by atoms with Crippen molar-refractivity contribution in [2.24, 2.45) is 11.0 Å². The highest BCUT2D eigenvalue weighted by atomic mass is 16.3. The predicted octanol–water partition coefficient (Wildman–Crippen LogP) is 1.87. The third-order valence-electron chi connectivity index (χ3n) is 2.60. The molecular weight excluding hydrogens is 176 g/mol. The monoisotopic (exact) mass is 192 g/mol. The van der Waals surface area contributed by atoms with Gasteiger partial charge in [-0.1, -0.05) is 19.1 Å². The van der Waals surface area contributed by atoms with Gasteiger partial charge in [0.2, 0.25) is 0 Å². The van der Waals surface area contributed by atoms with E-state index < -0.39 is 6.23 Å². The van der Waals surface area contributed by atoms with E-state index in [-0.39, 0.29) is 0 Å². The molecule has 0 radical (unpaired) electrons. The van der Waals surface area contributed by atoms with E-state index in [4.69, 9.17) is 0 Å².